The van der Waals surface area contributed by atoms with E-state index in [9.17, 15) is 0 Å². The molecule has 0 atom stereocenters. The molecule has 2 rings (SSSR count). The number of rotatable bonds is 5. The molecule has 0 unspecified atom stereocenters. The number of benzene rings is 1. The Morgan fingerprint density at radius 2 is 1.70 bits per heavy atom. The van der Waals surface area contributed by atoms with E-state index in [1.165, 1.54) is 0 Å². The number of aromatic nitrogens is 1. The van der Waals surface area contributed by atoms with Gasteiger partial charge < -0.3 is 16.0 Å². The molecule has 0 amide bonds. The van der Waals surface area contributed by atoms with Gasteiger partial charge in [-0.1, -0.05) is 0 Å². The normalized spacial score (nSPS) is 9.85. The van der Waals surface area contributed by atoms with Crippen molar-refractivity contribution >= 4 is 28.7 Å². The van der Waals surface area contributed by atoms with Gasteiger partial charge in [0, 0.05) is 36.9 Å². The topological polar surface area (TPSA) is 49.0 Å². The molecule has 1 aromatic heterocycles. The molecule has 3 N–H and O–H groups in total. The maximum atomic E-state index is 5.27. The van der Waals surface area contributed by atoms with Gasteiger partial charge in [0.25, 0.3) is 0 Å². The van der Waals surface area contributed by atoms with Crippen LogP contribution >= 0.6 is 12.2 Å². The van der Waals surface area contributed by atoms with Crippen LogP contribution in [0.5, 0.6) is 0 Å². The van der Waals surface area contributed by atoms with Crippen molar-refractivity contribution in [2.24, 2.45) is 0 Å². The van der Waals surface area contributed by atoms with Crippen LogP contribution in [-0.4, -0.2) is 16.6 Å². The molecule has 1 heterocycles. The summed E-state index contributed by atoms with van der Waals surface area (Å²) in [5.41, 5.74) is 3.22. The molecule has 2 aromatic rings. The second-order valence-electron chi connectivity index (χ2n) is 4.27. The first kappa shape index (κ1) is 14.3. The second kappa shape index (κ2) is 7.45. The summed E-state index contributed by atoms with van der Waals surface area (Å²) in [5, 5.41) is 10.2. The van der Waals surface area contributed by atoms with E-state index < -0.39 is 0 Å². The number of thiocarbonyl (C=S) groups is 1. The summed E-state index contributed by atoms with van der Waals surface area (Å²) >= 11 is 5.27. The Morgan fingerprint density at radius 1 is 1.05 bits per heavy atom. The third-order valence-corrected chi connectivity index (χ3v) is 2.97. The summed E-state index contributed by atoms with van der Waals surface area (Å²) in [6.45, 7) is 3.67. The maximum Gasteiger partial charge on any atom is 0.171 e. The van der Waals surface area contributed by atoms with E-state index in [0.29, 0.717) is 11.7 Å². The molecular weight excluding hydrogens is 268 g/mol. The number of nitrogens with zero attached hydrogens (tertiary/aromatic N) is 1. The molecule has 0 aliphatic rings. The summed E-state index contributed by atoms with van der Waals surface area (Å²) in [4.78, 5) is 3.98. The molecular formula is C15H18N4S. The maximum absolute atomic E-state index is 5.27. The zero-order chi connectivity index (χ0) is 14.2. The predicted octanol–water partition coefficient (Wildman–Crippen LogP) is 3.00. The lowest BCUT2D eigenvalue weighted by molar-refractivity contribution is 0.921. The van der Waals surface area contributed by atoms with Crippen LogP contribution in [0.1, 0.15) is 12.5 Å². The molecule has 0 bridgehead atoms. The fraction of sp³-hybridized carbons (Fsp3) is 0.200. The minimum atomic E-state index is 0.609. The van der Waals surface area contributed by atoms with Crippen molar-refractivity contribution in [2.75, 3.05) is 17.2 Å². The van der Waals surface area contributed by atoms with Gasteiger partial charge in [-0.15, -0.1) is 0 Å². The molecule has 0 saturated heterocycles. The molecule has 0 fully saturated rings. The zero-order valence-corrected chi connectivity index (χ0v) is 12.2. The van der Waals surface area contributed by atoms with Crippen molar-refractivity contribution in [3.05, 3.63) is 54.4 Å². The fourth-order valence-electron chi connectivity index (χ4n) is 1.73. The van der Waals surface area contributed by atoms with Crippen LogP contribution in [0, 0.1) is 0 Å². The van der Waals surface area contributed by atoms with Crippen LogP contribution in [0.25, 0.3) is 0 Å². The third-order valence-electron chi connectivity index (χ3n) is 2.73. The summed E-state index contributed by atoms with van der Waals surface area (Å²) in [7, 11) is 0. The molecule has 0 aliphatic carbocycles. The average molecular weight is 286 g/mol. The molecule has 0 aliphatic heterocycles. The number of nitrogens with one attached hydrogen (secondary N) is 3. The highest BCUT2D eigenvalue weighted by atomic mass is 32.1. The van der Waals surface area contributed by atoms with Crippen LogP contribution in [0.2, 0.25) is 0 Å². The smallest absolute Gasteiger partial charge is 0.171 e. The van der Waals surface area contributed by atoms with E-state index in [0.717, 1.165) is 23.5 Å². The van der Waals surface area contributed by atoms with Gasteiger partial charge in [0.1, 0.15) is 0 Å². The highest BCUT2D eigenvalue weighted by molar-refractivity contribution is 7.80. The standard InChI is InChI=1S/C15H18N4S/c1-2-17-13-3-5-14(6-4-13)19-15(20)18-11-12-7-9-16-10-8-12/h3-10,17H,2,11H2,1H3,(H2,18,19,20). The van der Waals surface area contributed by atoms with E-state index in [1.54, 1.807) is 12.4 Å². The van der Waals surface area contributed by atoms with Crippen LogP contribution in [0.15, 0.2) is 48.8 Å². The van der Waals surface area contributed by atoms with Gasteiger partial charge in [-0.2, -0.15) is 0 Å². The number of hydrogen-bond donors (Lipinski definition) is 3. The van der Waals surface area contributed by atoms with Gasteiger partial charge >= 0.3 is 0 Å². The van der Waals surface area contributed by atoms with Gasteiger partial charge in [-0.3, -0.25) is 4.98 Å². The Bertz CT molecular complexity index is 540. The largest absolute Gasteiger partial charge is 0.385 e. The molecule has 104 valence electrons. The van der Waals surface area contributed by atoms with Gasteiger partial charge in [-0.05, 0) is 61.1 Å². The van der Waals surface area contributed by atoms with Gasteiger partial charge in [0.2, 0.25) is 0 Å². The molecule has 4 nitrogen and oxygen atoms in total. The van der Waals surface area contributed by atoms with Crippen LogP contribution in [0.3, 0.4) is 0 Å². The second-order valence-corrected chi connectivity index (χ2v) is 4.68. The number of hydrogen-bond acceptors (Lipinski definition) is 3. The number of pyridine rings is 1. The zero-order valence-electron chi connectivity index (χ0n) is 11.4. The third kappa shape index (κ3) is 4.51. The van der Waals surface area contributed by atoms with Crippen molar-refractivity contribution in [3.8, 4) is 0 Å². The van der Waals surface area contributed by atoms with Gasteiger partial charge in [-0.25, -0.2) is 0 Å². The van der Waals surface area contributed by atoms with Crippen molar-refractivity contribution in [1.82, 2.24) is 10.3 Å². The van der Waals surface area contributed by atoms with Crippen LogP contribution < -0.4 is 16.0 Å². The Labute approximate surface area is 124 Å². The van der Waals surface area contributed by atoms with Gasteiger partial charge in [0.05, 0.1) is 0 Å². The Balaban J connectivity index is 1.82. The van der Waals surface area contributed by atoms with E-state index in [1.807, 2.05) is 36.4 Å². The van der Waals surface area contributed by atoms with E-state index in [4.69, 9.17) is 12.2 Å². The van der Waals surface area contributed by atoms with E-state index in [2.05, 4.69) is 27.9 Å². The highest BCUT2D eigenvalue weighted by Crippen LogP contribution is 2.13. The first-order valence-electron chi connectivity index (χ1n) is 6.55. The molecule has 0 spiro atoms. The molecule has 20 heavy (non-hydrogen) atoms. The average Bonchev–Trinajstić information content (AvgIpc) is 2.49. The summed E-state index contributed by atoms with van der Waals surface area (Å²) < 4.78 is 0. The number of anilines is 2. The van der Waals surface area contributed by atoms with E-state index >= 15 is 0 Å². The van der Waals surface area contributed by atoms with Crippen molar-refractivity contribution in [3.63, 3.8) is 0 Å². The monoisotopic (exact) mass is 286 g/mol. The summed E-state index contributed by atoms with van der Waals surface area (Å²) in [6, 6.07) is 12.0. The minimum Gasteiger partial charge on any atom is -0.385 e. The Morgan fingerprint density at radius 3 is 2.35 bits per heavy atom. The quantitative estimate of drug-likeness (QED) is 0.738. The molecule has 1 aromatic carbocycles. The van der Waals surface area contributed by atoms with Crippen LogP contribution in [0.4, 0.5) is 11.4 Å². The first-order chi connectivity index (χ1) is 9.78. The molecule has 0 saturated carbocycles. The van der Waals surface area contributed by atoms with Crippen LogP contribution in [-0.2, 0) is 6.54 Å². The Hall–Kier alpha value is -2.14. The highest BCUT2D eigenvalue weighted by Gasteiger charge is 1.98. The lowest BCUT2D eigenvalue weighted by Gasteiger charge is -2.11. The minimum absolute atomic E-state index is 0.609. The first-order valence-corrected chi connectivity index (χ1v) is 6.96. The molecule has 0 radical (unpaired) electrons. The summed E-state index contributed by atoms with van der Waals surface area (Å²) in [5.74, 6) is 0. The summed E-state index contributed by atoms with van der Waals surface area (Å²) in [6.07, 6.45) is 3.54. The SMILES string of the molecule is CCNc1ccc(NC(=S)NCc2ccncc2)cc1. The van der Waals surface area contributed by atoms with E-state index in [-0.39, 0.29) is 0 Å². The van der Waals surface area contributed by atoms with Crippen molar-refractivity contribution < 1.29 is 0 Å². The van der Waals surface area contributed by atoms with Crippen molar-refractivity contribution in [2.45, 2.75) is 13.5 Å². The van der Waals surface area contributed by atoms with Gasteiger partial charge in [0.15, 0.2) is 5.11 Å². The van der Waals surface area contributed by atoms with Crippen molar-refractivity contribution in [1.29, 1.82) is 0 Å². The lowest BCUT2D eigenvalue weighted by Crippen LogP contribution is -2.27. The Kier molecular flexibility index (Phi) is 5.32. The molecule has 5 heteroatoms. The predicted molar refractivity (Wildman–Crippen MR) is 87.9 cm³/mol. The fourth-order valence-corrected chi connectivity index (χ4v) is 1.92. The lowest BCUT2D eigenvalue weighted by atomic mass is 10.2.